The second-order valence-electron chi connectivity index (χ2n) is 3.33. The number of nitrogen functional groups attached to an aromatic ring is 2. The van der Waals surface area contributed by atoms with E-state index in [1.54, 1.807) is 0 Å². The molecule has 0 heterocycles. The Hall–Kier alpha value is -1.70. The van der Waals surface area contributed by atoms with E-state index in [1.807, 2.05) is 30.3 Å². The van der Waals surface area contributed by atoms with Crippen LogP contribution in [0.25, 0.3) is 10.8 Å². The van der Waals surface area contributed by atoms with Crippen molar-refractivity contribution < 1.29 is 0 Å². The standard InChI is InChI=1S/C12H13N2/c1-2-9-10-6-4-3-5-8(10)7-11(13)12(9)14/h3-7H,1-2,13-14H2. The molecule has 71 valence electrons. The van der Waals surface area contributed by atoms with Gasteiger partial charge in [-0.25, -0.2) is 0 Å². The molecule has 0 atom stereocenters. The van der Waals surface area contributed by atoms with Gasteiger partial charge in [0.2, 0.25) is 0 Å². The molecule has 0 saturated carbocycles. The van der Waals surface area contributed by atoms with Crippen molar-refractivity contribution in [3.8, 4) is 0 Å². The molecular weight excluding hydrogens is 172 g/mol. The molecule has 0 aliphatic carbocycles. The number of benzene rings is 2. The molecule has 14 heavy (non-hydrogen) atoms. The normalized spacial score (nSPS) is 10.6. The lowest BCUT2D eigenvalue weighted by molar-refractivity contribution is 1.31. The Morgan fingerprint density at radius 2 is 1.86 bits per heavy atom. The molecule has 0 fully saturated rings. The van der Waals surface area contributed by atoms with E-state index in [0.29, 0.717) is 17.8 Å². The highest BCUT2D eigenvalue weighted by Crippen LogP contribution is 2.29. The molecule has 0 spiro atoms. The maximum absolute atomic E-state index is 5.89. The summed E-state index contributed by atoms with van der Waals surface area (Å²) in [4.78, 5) is 0. The summed E-state index contributed by atoms with van der Waals surface area (Å²) in [6.45, 7) is 3.87. The van der Waals surface area contributed by atoms with Gasteiger partial charge in [-0.2, -0.15) is 0 Å². The average molecular weight is 185 g/mol. The van der Waals surface area contributed by atoms with Gasteiger partial charge < -0.3 is 11.5 Å². The van der Waals surface area contributed by atoms with Gasteiger partial charge in [-0.15, -0.1) is 0 Å². The van der Waals surface area contributed by atoms with Crippen LogP contribution in [0.15, 0.2) is 30.3 Å². The predicted molar refractivity (Wildman–Crippen MR) is 61.8 cm³/mol. The van der Waals surface area contributed by atoms with E-state index in [1.165, 1.54) is 0 Å². The molecule has 0 amide bonds. The highest BCUT2D eigenvalue weighted by Gasteiger charge is 2.06. The minimum atomic E-state index is 0.641. The van der Waals surface area contributed by atoms with Crippen molar-refractivity contribution in [3.05, 3.63) is 42.8 Å². The second kappa shape index (κ2) is 3.22. The van der Waals surface area contributed by atoms with Crippen LogP contribution in [0, 0.1) is 6.92 Å². The fraction of sp³-hybridized carbons (Fsp3) is 0.0833. The van der Waals surface area contributed by atoms with Crippen molar-refractivity contribution >= 4 is 22.1 Å². The fourth-order valence-electron chi connectivity index (χ4n) is 1.73. The summed E-state index contributed by atoms with van der Waals surface area (Å²) in [6, 6.07) is 9.97. The van der Waals surface area contributed by atoms with Crippen molar-refractivity contribution in [2.45, 2.75) is 6.42 Å². The summed E-state index contributed by atoms with van der Waals surface area (Å²) in [6.07, 6.45) is 0.664. The lowest BCUT2D eigenvalue weighted by Crippen LogP contribution is -2.00. The largest absolute Gasteiger partial charge is 0.397 e. The Morgan fingerprint density at radius 1 is 1.14 bits per heavy atom. The summed E-state index contributed by atoms with van der Waals surface area (Å²) in [5.74, 6) is 0. The molecule has 4 N–H and O–H groups in total. The third-order valence-electron chi connectivity index (χ3n) is 2.48. The number of hydrogen-bond donors (Lipinski definition) is 2. The van der Waals surface area contributed by atoms with E-state index in [2.05, 4.69) is 6.92 Å². The highest BCUT2D eigenvalue weighted by molar-refractivity contribution is 5.94. The van der Waals surface area contributed by atoms with Crippen LogP contribution in [0.2, 0.25) is 0 Å². The summed E-state index contributed by atoms with van der Waals surface area (Å²) in [7, 11) is 0. The van der Waals surface area contributed by atoms with Gasteiger partial charge in [0.1, 0.15) is 0 Å². The maximum Gasteiger partial charge on any atom is 0.0586 e. The van der Waals surface area contributed by atoms with Crippen LogP contribution in [0.4, 0.5) is 11.4 Å². The zero-order valence-electron chi connectivity index (χ0n) is 7.96. The molecule has 2 nitrogen and oxygen atoms in total. The quantitative estimate of drug-likeness (QED) is 0.670. The lowest BCUT2D eigenvalue weighted by Gasteiger charge is -2.10. The van der Waals surface area contributed by atoms with Crippen LogP contribution < -0.4 is 11.5 Å². The fourth-order valence-corrected chi connectivity index (χ4v) is 1.73. The summed E-state index contributed by atoms with van der Waals surface area (Å²) < 4.78 is 0. The highest BCUT2D eigenvalue weighted by atomic mass is 14.7. The first-order valence-corrected chi connectivity index (χ1v) is 4.59. The van der Waals surface area contributed by atoms with Gasteiger partial charge in [0.05, 0.1) is 11.4 Å². The summed E-state index contributed by atoms with van der Waals surface area (Å²) in [5.41, 5.74) is 14.1. The number of fused-ring (bicyclic) bond motifs is 1. The first kappa shape index (κ1) is 8.88. The van der Waals surface area contributed by atoms with E-state index in [-0.39, 0.29) is 0 Å². The Bertz CT molecular complexity index is 475. The molecule has 0 aromatic heterocycles. The molecule has 0 unspecified atom stereocenters. The Balaban J connectivity index is 2.89. The van der Waals surface area contributed by atoms with Gasteiger partial charge in [0, 0.05) is 0 Å². The molecule has 2 heteroatoms. The minimum Gasteiger partial charge on any atom is -0.397 e. The van der Waals surface area contributed by atoms with E-state index < -0.39 is 0 Å². The first-order valence-electron chi connectivity index (χ1n) is 4.59. The van der Waals surface area contributed by atoms with Crippen molar-refractivity contribution in [1.29, 1.82) is 0 Å². The molecule has 2 aromatic rings. The van der Waals surface area contributed by atoms with Crippen molar-refractivity contribution in [2.24, 2.45) is 0 Å². The van der Waals surface area contributed by atoms with Crippen molar-refractivity contribution in [2.75, 3.05) is 11.5 Å². The van der Waals surface area contributed by atoms with E-state index in [9.17, 15) is 0 Å². The third kappa shape index (κ3) is 1.20. The Kier molecular flexibility index (Phi) is 2.04. The topological polar surface area (TPSA) is 52.0 Å². The van der Waals surface area contributed by atoms with Gasteiger partial charge in [-0.3, -0.25) is 0 Å². The van der Waals surface area contributed by atoms with Crippen LogP contribution in [-0.4, -0.2) is 0 Å². The third-order valence-corrected chi connectivity index (χ3v) is 2.48. The number of hydrogen-bond acceptors (Lipinski definition) is 2. The Labute approximate surface area is 83.5 Å². The maximum atomic E-state index is 5.89. The summed E-state index contributed by atoms with van der Waals surface area (Å²) in [5, 5.41) is 2.27. The van der Waals surface area contributed by atoms with Crippen molar-refractivity contribution in [3.63, 3.8) is 0 Å². The number of anilines is 2. The van der Waals surface area contributed by atoms with Gasteiger partial charge in [0.25, 0.3) is 0 Å². The molecule has 1 radical (unpaired) electrons. The SMILES string of the molecule is [CH2]Cc1c(N)c(N)cc2ccccc12. The van der Waals surface area contributed by atoms with Crippen LogP contribution in [0.3, 0.4) is 0 Å². The van der Waals surface area contributed by atoms with Gasteiger partial charge in [-0.05, 0) is 35.7 Å². The predicted octanol–water partition coefficient (Wildman–Crippen LogP) is 2.38. The molecule has 0 bridgehead atoms. The molecule has 2 rings (SSSR count). The molecule has 2 aromatic carbocycles. The average Bonchev–Trinajstić information content (AvgIpc) is 2.20. The van der Waals surface area contributed by atoms with Crippen LogP contribution in [-0.2, 0) is 6.42 Å². The van der Waals surface area contributed by atoms with Gasteiger partial charge >= 0.3 is 0 Å². The van der Waals surface area contributed by atoms with Crippen molar-refractivity contribution in [1.82, 2.24) is 0 Å². The molecule has 0 aliphatic heterocycles. The van der Waals surface area contributed by atoms with Gasteiger partial charge in [0.15, 0.2) is 0 Å². The smallest absolute Gasteiger partial charge is 0.0586 e. The summed E-state index contributed by atoms with van der Waals surface area (Å²) >= 11 is 0. The number of nitrogens with two attached hydrogens (primary N) is 2. The number of rotatable bonds is 1. The molecular formula is C12H13N2. The van der Waals surface area contributed by atoms with E-state index in [0.717, 1.165) is 16.3 Å². The van der Waals surface area contributed by atoms with Gasteiger partial charge in [-0.1, -0.05) is 24.3 Å². The van der Waals surface area contributed by atoms with Crippen LogP contribution >= 0.6 is 0 Å². The van der Waals surface area contributed by atoms with E-state index in [4.69, 9.17) is 11.5 Å². The zero-order valence-corrected chi connectivity index (χ0v) is 7.96. The minimum absolute atomic E-state index is 0.641. The Morgan fingerprint density at radius 3 is 2.57 bits per heavy atom. The molecule has 0 saturated heterocycles. The molecule has 0 aliphatic rings. The zero-order chi connectivity index (χ0) is 10.1. The van der Waals surface area contributed by atoms with Crippen LogP contribution in [0.1, 0.15) is 5.56 Å². The van der Waals surface area contributed by atoms with Crippen LogP contribution in [0.5, 0.6) is 0 Å². The lowest BCUT2D eigenvalue weighted by atomic mass is 10.00. The van der Waals surface area contributed by atoms with E-state index >= 15 is 0 Å². The monoisotopic (exact) mass is 185 g/mol. The first-order chi connectivity index (χ1) is 6.74. The second-order valence-corrected chi connectivity index (χ2v) is 3.33.